The van der Waals surface area contributed by atoms with E-state index in [9.17, 15) is 8.78 Å². The molecular formula is C20H18ClF2N3S. The monoisotopic (exact) mass is 405 g/mol. The number of thioether (sulfide) groups is 1. The summed E-state index contributed by atoms with van der Waals surface area (Å²) in [6.07, 6.45) is 5.23. The van der Waals surface area contributed by atoms with E-state index in [0.29, 0.717) is 28.0 Å². The molecule has 0 aliphatic rings. The number of pyridine rings is 1. The highest BCUT2D eigenvalue weighted by Gasteiger charge is 2.15. The quantitative estimate of drug-likeness (QED) is 0.530. The lowest BCUT2D eigenvalue weighted by molar-refractivity contribution is 0.628. The molecule has 3 nitrogen and oxygen atoms in total. The van der Waals surface area contributed by atoms with Crippen molar-refractivity contribution in [3.8, 4) is 11.1 Å². The Hall–Kier alpha value is -2.31. The van der Waals surface area contributed by atoms with Gasteiger partial charge in [-0.05, 0) is 48.6 Å². The van der Waals surface area contributed by atoms with Crippen molar-refractivity contribution in [2.45, 2.75) is 13.5 Å². The first-order chi connectivity index (χ1) is 12.9. The van der Waals surface area contributed by atoms with E-state index in [-0.39, 0.29) is 11.6 Å². The molecule has 2 N–H and O–H groups in total. The Morgan fingerprint density at radius 3 is 2.56 bits per heavy atom. The molecule has 0 unspecified atom stereocenters. The van der Waals surface area contributed by atoms with Crippen molar-refractivity contribution < 1.29 is 8.78 Å². The maximum Gasteiger partial charge on any atom is 0.129 e. The Morgan fingerprint density at radius 2 is 1.93 bits per heavy atom. The van der Waals surface area contributed by atoms with Crippen LogP contribution in [0.4, 0.5) is 14.5 Å². The van der Waals surface area contributed by atoms with Gasteiger partial charge in [0.25, 0.3) is 0 Å². The molecule has 0 aliphatic heterocycles. The van der Waals surface area contributed by atoms with Gasteiger partial charge in [-0.1, -0.05) is 23.7 Å². The van der Waals surface area contributed by atoms with E-state index in [0.717, 1.165) is 16.7 Å². The van der Waals surface area contributed by atoms with Gasteiger partial charge < -0.3 is 10.3 Å². The van der Waals surface area contributed by atoms with E-state index in [2.05, 4.69) is 4.98 Å². The normalized spacial score (nSPS) is 12.2. The molecule has 0 radical (unpaired) electrons. The molecule has 3 rings (SSSR count). The highest BCUT2D eigenvalue weighted by Crippen LogP contribution is 2.34. The summed E-state index contributed by atoms with van der Waals surface area (Å²) in [5.74, 6) is -0.574. The topological polar surface area (TPSA) is 43.8 Å². The summed E-state index contributed by atoms with van der Waals surface area (Å²) >= 11 is 7.32. The second-order valence-electron chi connectivity index (χ2n) is 6.02. The smallest absolute Gasteiger partial charge is 0.129 e. The van der Waals surface area contributed by atoms with E-state index in [1.807, 2.05) is 23.1 Å². The van der Waals surface area contributed by atoms with Crippen LogP contribution < -0.4 is 5.73 Å². The maximum absolute atomic E-state index is 14.1. The van der Waals surface area contributed by atoms with Gasteiger partial charge in [0.15, 0.2) is 0 Å². The van der Waals surface area contributed by atoms with Gasteiger partial charge in [-0.2, -0.15) is 0 Å². The van der Waals surface area contributed by atoms with Crippen LogP contribution in [0.3, 0.4) is 0 Å². The number of hydrogen-bond acceptors (Lipinski definition) is 3. The predicted octanol–water partition coefficient (Wildman–Crippen LogP) is 5.99. The third-order valence-corrected chi connectivity index (χ3v) is 5.26. The molecule has 0 bridgehead atoms. The van der Waals surface area contributed by atoms with Crippen LogP contribution in [0.25, 0.3) is 16.0 Å². The fourth-order valence-electron chi connectivity index (χ4n) is 2.85. The van der Waals surface area contributed by atoms with Crippen molar-refractivity contribution in [2.75, 3.05) is 12.0 Å². The molecule has 0 saturated carbocycles. The van der Waals surface area contributed by atoms with Crippen LogP contribution in [0.1, 0.15) is 18.2 Å². The zero-order chi connectivity index (χ0) is 19.6. The molecular weight excluding hydrogens is 388 g/mol. The SMILES string of the molecule is CS/C(=C(/C)F)c1cc(-c2ccc(F)cc2)cn1Cc1cc(Cl)ncc1N. The van der Waals surface area contributed by atoms with Crippen molar-refractivity contribution >= 4 is 34.0 Å². The molecule has 2 aromatic heterocycles. The minimum atomic E-state index is -0.304. The first kappa shape index (κ1) is 19.5. The third-order valence-electron chi connectivity index (χ3n) is 4.16. The molecule has 3 aromatic rings. The van der Waals surface area contributed by atoms with Crippen molar-refractivity contribution in [3.05, 3.63) is 76.8 Å². The second kappa shape index (κ2) is 8.15. The van der Waals surface area contributed by atoms with E-state index >= 15 is 0 Å². The van der Waals surface area contributed by atoms with Crippen molar-refractivity contribution in [3.63, 3.8) is 0 Å². The Kier molecular flexibility index (Phi) is 5.87. The van der Waals surface area contributed by atoms with Gasteiger partial charge in [-0.3, -0.25) is 0 Å². The minimum absolute atomic E-state index is 0.270. The Morgan fingerprint density at radius 1 is 1.22 bits per heavy atom. The van der Waals surface area contributed by atoms with Gasteiger partial charge in [-0.15, -0.1) is 11.8 Å². The number of nitrogen functional groups attached to an aromatic ring is 1. The van der Waals surface area contributed by atoms with Crippen LogP contribution in [0, 0.1) is 5.82 Å². The summed E-state index contributed by atoms with van der Waals surface area (Å²) in [5, 5.41) is 0.342. The maximum atomic E-state index is 14.1. The summed E-state index contributed by atoms with van der Waals surface area (Å²) in [7, 11) is 0. The van der Waals surface area contributed by atoms with Crippen LogP contribution in [-0.2, 0) is 6.54 Å². The van der Waals surface area contributed by atoms with Crippen molar-refractivity contribution in [1.29, 1.82) is 0 Å². The largest absolute Gasteiger partial charge is 0.397 e. The molecule has 2 heterocycles. The minimum Gasteiger partial charge on any atom is -0.397 e. The van der Waals surface area contributed by atoms with E-state index in [4.69, 9.17) is 17.3 Å². The Balaban J connectivity index is 2.11. The Bertz CT molecular complexity index is 993. The van der Waals surface area contributed by atoms with Crippen molar-refractivity contribution in [2.24, 2.45) is 0 Å². The lowest BCUT2D eigenvalue weighted by Crippen LogP contribution is -2.05. The molecule has 140 valence electrons. The van der Waals surface area contributed by atoms with Crippen LogP contribution >= 0.6 is 23.4 Å². The highest BCUT2D eigenvalue weighted by atomic mass is 35.5. The molecule has 0 amide bonds. The van der Waals surface area contributed by atoms with Gasteiger partial charge in [-0.25, -0.2) is 13.8 Å². The second-order valence-corrected chi connectivity index (χ2v) is 7.23. The number of anilines is 1. The van der Waals surface area contributed by atoms with Gasteiger partial charge >= 0.3 is 0 Å². The number of rotatable bonds is 5. The van der Waals surface area contributed by atoms with Crippen molar-refractivity contribution in [1.82, 2.24) is 9.55 Å². The number of aromatic nitrogens is 2. The van der Waals surface area contributed by atoms with Crippen LogP contribution in [0.5, 0.6) is 0 Å². The Labute approximate surface area is 165 Å². The summed E-state index contributed by atoms with van der Waals surface area (Å²) < 4.78 is 29.3. The van der Waals surface area contributed by atoms with Crippen LogP contribution in [-0.4, -0.2) is 15.8 Å². The first-order valence-corrected chi connectivity index (χ1v) is 9.76. The number of allylic oxidation sites excluding steroid dienone is 1. The van der Waals surface area contributed by atoms with Gasteiger partial charge in [0.05, 0.1) is 22.5 Å². The van der Waals surface area contributed by atoms with Gasteiger partial charge in [0.2, 0.25) is 0 Å². The molecule has 27 heavy (non-hydrogen) atoms. The van der Waals surface area contributed by atoms with Crippen LogP contribution in [0.2, 0.25) is 5.15 Å². The summed E-state index contributed by atoms with van der Waals surface area (Å²) in [5.41, 5.74) is 9.73. The number of halogens is 3. The standard InChI is InChI=1S/C20H18ClF2N3S/c1-12(22)20(27-2)18-7-14(13-3-5-16(23)6-4-13)10-26(18)11-15-8-19(21)25-9-17(15)24/h3-10H,11,24H2,1-2H3/b20-12-. The fourth-order valence-corrected chi connectivity index (χ4v) is 3.70. The lowest BCUT2D eigenvalue weighted by Gasteiger charge is -2.13. The molecule has 1 aromatic carbocycles. The number of nitrogens with zero attached hydrogens (tertiary/aromatic N) is 2. The van der Waals surface area contributed by atoms with E-state index in [1.54, 1.807) is 18.2 Å². The summed E-state index contributed by atoms with van der Waals surface area (Å²) in [4.78, 5) is 4.50. The van der Waals surface area contributed by atoms with Gasteiger partial charge in [0, 0.05) is 18.3 Å². The zero-order valence-electron chi connectivity index (χ0n) is 14.8. The average molecular weight is 406 g/mol. The number of hydrogen-bond donors (Lipinski definition) is 1. The highest BCUT2D eigenvalue weighted by molar-refractivity contribution is 8.07. The lowest BCUT2D eigenvalue weighted by atomic mass is 10.1. The molecule has 0 spiro atoms. The van der Waals surface area contributed by atoms with E-state index in [1.165, 1.54) is 37.0 Å². The average Bonchev–Trinajstić information content (AvgIpc) is 3.02. The molecule has 0 aliphatic carbocycles. The molecule has 0 fully saturated rings. The third kappa shape index (κ3) is 4.34. The van der Waals surface area contributed by atoms with Gasteiger partial charge in [0.1, 0.15) is 16.8 Å². The molecule has 0 saturated heterocycles. The fraction of sp³-hybridized carbons (Fsp3) is 0.150. The zero-order valence-corrected chi connectivity index (χ0v) is 16.4. The first-order valence-electron chi connectivity index (χ1n) is 8.15. The predicted molar refractivity (Wildman–Crippen MR) is 110 cm³/mol. The number of nitrogens with two attached hydrogens (primary N) is 1. The molecule has 0 atom stereocenters. The summed E-state index contributed by atoms with van der Waals surface area (Å²) in [6.45, 7) is 1.83. The van der Waals surface area contributed by atoms with E-state index < -0.39 is 0 Å². The summed E-state index contributed by atoms with van der Waals surface area (Å²) in [6, 6.07) is 9.78. The molecule has 7 heteroatoms. The van der Waals surface area contributed by atoms with Crippen LogP contribution in [0.15, 0.2) is 54.6 Å². The number of benzene rings is 1.